The van der Waals surface area contributed by atoms with Crippen LogP contribution in [0.5, 0.6) is 5.75 Å². The third-order valence-electron chi connectivity index (χ3n) is 4.90. The van der Waals surface area contributed by atoms with Gasteiger partial charge in [0.05, 0.1) is 23.9 Å². The monoisotopic (exact) mass is 389 g/mol. The minimum atomic E-state index is -3.86. The maximum absolute atomic E-state index is 13.3. The molecule has 1 aromatic carbocycles. The Kier molecular flexibility index (Phi) is 5.85. The smallest absolute Gasteiger partial charge is 0.187 e. The van der Waals surface area contributed by atoms with Crippen molar-refractivity contribution < 1.29 is 21.6 Å². The van der Waals surface area contributed by atoms with Crippen molar-refractivity contribution in [1.29, 1.82) is 0 Å². The van der Waals surface area contributed by atoms with Crippen molar-refractivity contribution >= 4 is 19.7 Å². The third-order valence-corrected chi connectivity index (χ3v) is 9.07. The second kappa shape index (κ2) is 7.25. The summed E-state index contributed by atoms with van der Waals surface area (Å²) in [6, 6.07) is 2.69. The van der Waals surface area contributed by atoms with Gasteiger partial charge in [-0.15, -0.1) is 0 Å². The fourth-order valence-electron chi connectivity index (χ4n) is 3.07. The Bertz CT molecular complexity index is 846. The number of methoxy groups -OCH3 is 1. The van der Waals surface area contributed by atoms with Crippen LogP contribution < -0.4 is 10.1 Å². The van der Waals surface area contributed by atoms with E-state index >= 15 is 0 Å². The summed E-state index contributed by atoms with van der Waals surface area (Å²) in [5.74, 6) is -0.261. The summed E-state index contributed by atoms with van der Waals surface area (Å²) < 4.78 is 56.1. The van der Waals surface area contributed by atoms with Gasteiger partial charge >= 0.3 is 0 Å². The second-order valence-corrected chi connectivity index (χ2v) is 11.1. The average molecular weight is 390 g/mol. The van der Waals surface area contributed by atoms with E-state index in [1.54, 1.807) is 12.1 Å². The maximum atomic E-state index is 13.3. The Morgan fingerprint density at radius 2 is 1.84 bits per heavy atom. The standard InChI is InChI=1S/C17H27NO5S2/c1-6-13(4)18-14-9-24(19,20)10-17(14)25(21,22)16-8-12(3)11(2)7-15(16)23-5/h7-8,13-14,17-18H,6,9-10H2,1-5H3/t13?,14-,17-/m0/s1. The first-order valence-corrected chi connectivity index (χ1v) is 11.7. The van der Waals surface area contributed by atoms with E-state index in [-0.39, 0.29) is 28.2 Å². The van der Waals surface area contributed by atoms with E-state index in [1.807, 2.05) is 27.7 Å². The number of aryl methyl sites for hydroxylation is 2. The molecule has 0 saturated carbocycles. The van der Waals surface area contributed by atoms with Crippen LogP contribution in [0.15, 0.2) is 17.0 Å². The van der Waals surface area contributed by atoms with Crippen LogP contribution in [0.3, 0.4) is 0 Å². The molecule has 3 atom stereocenters. The molecule has 1 unspecified atom stereocenters. The van der Waals surface area contributed by atoms with Crippen LogP contribution in [0.25, 0.3) is 0 Å². The SMILES string of the molecule is CCC(C)N[C@H]1CS(=O)(=O)C[C@@H]1S(=O)(=O)c1cc(C)c(C)cc1OC. The molecule has 1 heterocycles. The first-order chi connectivity index (χ1) is 11.5. The molecular weight excluding hydrogens is 362 g/mol. The van der Waals surface area contributed by atoms with Crippen LogP contribution in [0, 0.1) is 13.8 Å². The summed E-state index contributed by atoms with van der Waals surface area (Å²) in [6.45, 7) is 7.60. The van der Waals surface area contributed by atoms with Crippen LogP contribution >= 0.6 is 0 Å². The second-order valence-electron chi connectivity index (χ2n) is 6.83. The van der Waals surface area contributed by atoms with Crippen molar-refractivity contribution in [2.75, 3.05) is 18.6 Å². The topological polar surface area (TPSA) is 89.5 Å². The lowest BCUT2D eigenvalue weighted by Gasteiger charge is -2.24. The van der Waals surface area contributed by atoms with Crippen molar-refractivity contribution in [2.24, 2.45) is 0 Å². The molecule has 0 bridgehead atoms. The van der Waals surface area contributed by atoms with E-state index in [4.69, 9.17) is 4.74 Å². The molecule has 1 aliphatic heterocycles. The van der Waals surface area contributed by atoms with Gasteiger partial charge in [0.2, 0.25) is 0 Å². The quantitative estimate of drug-likeness (QED) is 0.796. The van der Waals surface area contributed by atoms with Crippen molar-refractivity contribution in [3.8, 4) is 5.75 Å². The summed E-state index contributed by atoms with van der Waals surface area (Å²) >= 11 is 0. The maximum Gasteiger partial charge on any atom is 0.187 e. The largest absolute Gasteiger partial charge is 0.495 e. The minimum Gasteiger partial charge on any atom is -0.495 e. The molecule has 1 fully saturated rings. The number of benzene rings is 1. The Morgan fingerprint density at radius 3 is 2.40 bits per heavy atom. The molecule has 0 amide bonds. The Hall–Kier alpha value is -1.12. The molecule has 0 aromatic heterocycles. The summed E-state index contributed by atoms with van der Waals surface area (Å²) in [5.41, 5.74) is 1.75. The van der Waals surface area contributed by atoms with Crippen LogP contribution in [0.4, 0.5) is 0 Å². The van der Waals surface area contributed by atoms with Gasteiger partial charge in [0, 0.05) is 12.1 Å². The van der Waals surface area contributed by atoms with Gasteiger partial charge in [-0.2, -0.15) is 0 Å². The lowest BCUT2D eigenvalue weighted by molar-refractivity contribution is 0.401. The first-order valence-electron chi connectivity index (χ1n) is 8.37. The van der Waals surface area contributed by atoms with Gasteiger partial charge < -0.3 is 10.1 Å². The molecule has 2 rings (SSSR count). The van der Waals surface area contributed by atoms with Gasteiger partial charge in [-0.3, -0.25) is 0 Å². The van der Waals surface area contributed by atoms with Gasteiger partial charge in [-0.25, -0.2) is 16.8 Å². The van der Waals surface area contributed by atoms with E-state index in [1.165, 1.54) is 7.11 Å². The molecule has 0 spiro atoms. The number of ether oxygens (including phenoxy) is 1. The van der Waals surface area contributed by atoms with Crippen LogP contribution in [0.1, 0.15) is 31.4 Å². The van der Waals surface area contributed by atoms with Crippen LogP contribution in [-0.4, -0.2) is 52.8 Å². The lowest BCUT2D eigenvalue weighted by atomic mass is 10.1. The zero-order valence-electron chi connectivity index (χ0n) is 15.4. The molecule has 25 heavy (non-hydrogen) atoms. The van der Waals surface area contributed by atoms with Gasteiger partial charge in [0.15, 0.2) is 19.7 Å². The molecule has 6 nitrogen and oxygen atoms in total. The molecule has 1 aliphatic rings. The molecule has 8 heteroatoms. The van der Waals surface area contributed by atoms with Gasteiger partial charge in [-0.1, -0.05) is 6.92 Å². The van der Waals surface area contributed by atoms with Crippen molar-refractivity contribution in [3.63, 3.8) is 0 Å². The molecule has 1 aromatic rings. The highest BCUT2D eigenvalue weighted by molar-refractivity contribution is 7.96. The number of hydrogen-bond donors (Lipinski definition) is 1. The van der Waals surface area contributed by atoms with Crippen molar-refractivity contribution in [2.45, 2.75) is 56.3 Å². The third kappa shape index (κ3) is 4.17. The van der Waals surface area contributed by atoms with Crippen LogP contribution in [0.2, 0.25) is 0 Å². The van der Waals surface area contributed by atoms with Gasteiger partial charge in [-0.05, 0) is 50.5 Å². The molecule has 142 valence electrons. The van der Waals surface area contributed by atoms with Crippen molar-refractivity contribution in [1.82, 2.24) is 5.32 Å². The predicted molar refractivity (Wildman–Crippen MR) is 98.8 cm³/mol. The normalized spacial score (nSPS) is 24.2. The molecule has 1 N–H and O–H groups in total. The Balaban J connectivity index is 2.52. The number of rotatable bonds is 6. The predicted octanol–water partition coefficient (Wildman–Crippen LogP) is 1.64. The summed E-state index contributed by atoms with van der Waals surface area (Å²) in [6.07, 6.45) is 0.788. The highest BCUT2D eigenvalue weighted by Crippen LogP contribution is 2.33. The first kappa shape index (κ1) is 20.2. The molecule has 1 saturated heterocycles. The lowest BCUT2D eigenvalue weighted by Crippen LogP contribution is -2.46. The number of hydrogen-bond acceptors (Lipinski definition) is 6. The van der Waals surface area contributed by atoms with E-state index in [0.717, 1.165) is 17.5 Å². The minimum absolute atomic E-state index is 0.0395. The van der Waals surface area contributed by atoms with Gasteiger partial charge in [0.25, 0.3) is 0 Å². The highest BCUT2D eigenvalue weighted by atomic mass is 32.2. The van der Waals surface area contributed by atoms with E-state index in [0.29, 0.717) is 0 Å². The zero-order chi connectivity index (χ0) is 19.0. The van der Waals surface area contributed by atoms with E-state index in [9.17, 15) is 16.8 Å². The van der Waals surface area contributed by atoms with E-state index < -0.39 is 31.0 Å². The summed E-state index contributed by atoms with van der Waals surface area (Å²) in [5, 5.41) is 2.16. The molecule has 0 radical (unpaired) electrons. The van der Waals surface area contributed by atoms with Crippen LogP contribution in [-0.2, 0) is 19.7 Å². The summed E-state index contributed by atoms with van der Waals surface area (Å²) in [7, 11) is -5.85. The van der Waals surface area contributed by atoms with Gasteiger partial charge in [0.1, 0.15) is 10.6 Å². The Morgan fingerprint density at radius 1 is 1.24 bits per heavy atom. The molecule has 0 aliphatic carbocycles. The number of sulfone groups is 2. The van der Waals surface area contributed by atoms with E-state index in [2.05, 4.69) is 5.32 Å². The average Bonchev–Trinajstić information content (AvgIpc) is 2.84. The van der Waals surface area contributed by atoms with Crippen molar-refractivity contribution in [3.05, 3.63) is 23.3 Å². The summed E-state index contributed by atoms with van der Waals surface area (Å²) in [4.78, 5) is 0.0659. The number of nitrogens with one attached hydrogen (secondary N) is 1. The zero-order valence-corrected chi connectivity index (χ0v) is 17.0. The Labute approximate surface area is 150 Å². The molecular formula is C17H27NO5S2. The fourth-order valence-corrected chi connectivity index (χ4v) is 7.97. The highest BCUT2D eigenvalue weighted by Gasteiger charge is 2.46. The fraction of sp³-hybridized carbons (Fsp3) is 0.647.